The topological polar surface area (TPSA) is 58.6 Å². The van der Waals surface area contributed by atoms with Crippen molar-refractivity contribution in [1.82, 2.24) is 5.32 Å². The van der Waals surface area contributed by atoms with Gasteiger partial charge in [0.2, 0.25) is 0 Å². The molecule has 0 fully saturated rings. The van der Waals surface area contributed by atoms with Crippen molar-refractivity contribution >= 4 is 17.7 Å². The van der Waals surface area contributed by atoms with Crippen LogP contribution >= 0.6 is 11.8 Å². The van der Waals surface area contributed by atoms with Crippen molar-refractivity contribution in [2.75, 3.05) is 25.7 Å². The monoisotopic (exact) mass is 293 g/mol. The zero-order valence-corrected chi connectivity index (χ0v) is 12.7. The summed E-state index contributed by atoms with van der Waals surface area (Å²) in [4.78, 5) is 12.1. The van der Waals surface area contributed by atoms with E-state index in [1.165, 1.54) is 0 Å². The third-order valence-electron chi connectivity index (χ3n) is 2.56. The average molecular weight is 293 g/mol. The predicted octanol–water partition coefficient (Wildman–Crippen LogP) is 1.52. The molecule has 0 heterocycles. The quantitative estimate of drug-likeness (QED) is 0.808. The first kappa shape index (κ1) is 16.4. The number of amides is 1. The molecule has 1 aromatic rings. The molecular weight excluding hydrogens is 274 g/mol. The first-order valence-electron chi connectivity index (χ1n) is 6.20. The van der Waals surface area contributed by atoms with E-state index in [1.807, 2.05) is 13.2 Å². The van der Waals surface area contributed by atoms with Crippen LogP contribution in [0, 0.1) is 11.8 Å². The molecule has 1 amide bonds. The van der Waals surface area contributed by atoms with Crippen LogP contribution in [0.4, 0.5) is 0 Å². The zero-order chi connectivity index (χ0) is 15.0. The van der Waals surface area contributed by atoms with Crippen LogP contribution in [0.15, 0.2) is 18.2 Å². The van der Waals surface area contributed by atoms with Crippen molar-refractivity contribution < 1.29 is 14.6 Å². The molecule has 2 N–H and O–H groups in total. The maximum atomic E-state index is 12.1. The highest BCUT2D eigenvalue weighted by molar-refractivity contribution is 7.98. The summed E-state index contributed by atoms with van der Waals surface area (Å²) in [6.07, 6.45) is 2.00. The van der Waals surface area contributed by atoms with Gasteiger partial charge >= 0.3 is 0 Å². The zero-order valence-electron chi connectivity index (χ0n) is 11.9. The minimum absolute atomic E-state index is 0.103. The summed E-state index contributed by atoms with van der Waals surface area (Å²) in [7, 11) is 1.54. The van der Waals surface area contributed by atoms with Gasteiger partial charge in [-0.2, -0.15) is 11.8 Å². The minimum atomic E-state index is -0.232. The number of carbonyl (C=O) groups is 1. The SMILES string of the molecule is COc1ccc(C(=O)NC(C)CSC)cc1C#CCO. The van der Waals surface area contributed by atoms with Crippen molar-refractivity contribution in [1.29, 1.82) is 0 Å². The molecule has 1 aromatic carbocycles. The van der Waals surface area contributed by atoms with E-state index in [4.69, 9.17) is 9.84 Å². The molecule has 1 rings (SSSR count). The van der Waals surface area contributed by atoms with Gasteiger partial charge in [-0.3, -0.25) is 4.79 Å². The second kappa shape index (κ2) is 8.51. The molecule has 1 atom stereocenters. The number of hydrogen-bond acceptors (Lipinski definition) is 4. The summed E-state index contributed by atoms with van der Waals surface area (Å²) in [5.74, 6) is 6.64. The number of aliphatic hydroxyl groups is 1. The number of benzene rings is 1. The predicted molar refractivity (Wildman–Crippen MR) is 82.3 cm³/mol. The lowest BCUT2D eigenvalue weighted by molar-refractivity contribution is 0.0943. The Labute approximate surface area is 123 Å². The van der Waals surface area contributed by atoms with Gasteiger partial charge in [0, 0.05) is 17.4 Å². The Morgan fingerprint density at radius 2 is 2.30 bits per heavy atom. The molecule has 0 spiro atoms. The largest absolute Gasteiger partial charge is 0.495 e. The van der Waals surface area contributed by atoms with Crippen molar-refractivity contribution in [3.05, 3.63) is 29.3 Å². The molecule has 0 aliphatic carbocycles. The lowest BCUT2D eigenvalue weighted by Crippen LogP contribution is -2.34. The number of rotatable bonds is 5. The Bertz CT molecular complexity index is 520. The van der Waals surface area contributed by atoms with Crippen LogP contribution in [0.2, 0.25) is 0 Å². The van der Waals surface area contributed by atoms with Gasteiger partial charge < -0.3 is 15.2 Å². The number of ether oxygens (including phenoxy) is 1. The van der Waals surface area contributed by atoms with Gasteiger partial charge in [-0.1, -0.05) is 11.8 Å². The van der Waals surface area contributed by atoms with E-state index in [1.54, 1.807) is 37.1 Å². The van der Waals surface area contributed by atoms with Gasteiger partial charge in [-0.05, 0) is 31.4 Å². The Morgan fingerprint density at radius 1 is 1.55 bits per heavy atom. The molecule has 5 heteroatoms. The number of hydrogen-bond donors (Lipinski definition) is 2. The van der Waals surface area contributed by atoms with Gasteiger partial charge in [0.05, 0.1) is 12.7 Å². The van der Waals surface area contributed by atoms with Crippen molar-refractivity contribution in [3.8, 4) is 17.6 Å². The Balaban J connectivity index is 2.93. The van der Waals surface area contributed by atoms with Crippen molar-refractivity contribution in [3.63, 3.8) is 0 Å². The molecule has 0 saturated carbocycles. The van der Waals surface area contributed by atoms with Gasteiger partial charge in [-0.25, -0.2) is 0 Å². The van der Waals surface area contributed by atoms with E-state index in [2.05, 4.69) is 17.2 Å². The van der Waals surface area contributed by atoms with Gasteiger partial charge in [0.1, 0.15) is 12.4 Å². The number of aliphatic hydroxyl groups excluding tert-OH is 1. The highest BCUT2D eigenvalue weighted by Crippen LogP contribution is 2.19. The third kappa shape index (κ3) is 4.80. The highest BCUT2D eigenvalue weighted by Gasteiger charge is 2.11. The summed E-state index contributed by atoms with van der Waals surface area (Å²) < 4.78 is 5.18. The lowest BCUT2D eigenvalue weighted by Gasteiger charge is -2.13. The number of carbonyl (C=O) groups excluding carboxylic acids is 1. The first-order valence-corrected chi connectivity index (χ1v) is 7.59. The van der Waals surface area contributed by atoms with Crippen molar-refractivity contribution in [2.45, 2.75) is 13.0 Å². The average Bonchev–Trinajstić information content (AvgIpc) is 2.44. The van der Waals surface area contributed by atoms with Crippen LogP contribution in [-0.2, 0) is 0 Å². The molecule has 0 aliphatic rings. The van der Waals surface area contributed by atoms with E-state index in [0.717, 1.165) is 5.75 Å². The normalized spacial score (nSPS) is 11.2. The standard InChI is InChI=1S/C15H19NO3S/c1-11(10-20-3)16-15(18)13-6-7-14(19-2)12(9-13)5-4-8-17/h6-7,9,11,17H,8,10H2,1-3H3,(H,16,18). The van der Waals surface area contributed by atoms with E-state index in [0.29, 0.717) is 16.9 Å². The summed E-state index contributed by atoms with van der Waals surface area (Å²) >= 11 is 1.68. The molecule has 0 saturated heterocycles. The Morgan fingerprint density at radius 3 is 2.90 bits per heavy atom. The van der Waals surface area contributed by atoms with E-state index in [9.17, 15) is 4.79 Å². The van der Waals surface area contributed by atoms with Crippen LogP contribution in [0.25, 0.3) is 0 Å². The first-order chi connectivity index (χ1) is 9.62. The molecule has 108 valence electrons. The summed E-state index contributed by atoms with van der Waals surface area (Å²) in [5.41, 5.74) is 1.12. The van der Waals surface area contributed by atoms with Crippen LogP contribution in [-0.4, -0.2) is 42.8 Å². The van der Waals surface area contributed by atoms with Gasteiger partial charge in [-0.15, -0.1) is 0 Å². The molecule has 1 unspecified atom stereocenters. The maximum Gasteiger partial charge on any atom is 0.251 e. The highest BCUT2D eigenvalue weighted by atomic mass is 32.2. The summed E-state index contributed by atoms with van der Waals surface area (Å²) in [6.45, 7) is 1.73. The molecular formula is C15H19NO3S. The van der Waals surface area contributed by atoms with Crippen LogP contribution in [0.5, 0.6) is 5.75 Å². The fourth-order valence-corrected chi connectivity index (χ4v) is 2.26. The summed E-state index contributed by atoms with van der Waals surface area (Å²) in [5, 5.41) is 11.7. The van der Waals surface area contributed by atoms with Crippen LogP contribution in [0.1, 0.15) is 22.8 Å². The maximum absolute atomic E-state index is 12.1. The number of nitrogens with one attached hydrogen (secondary N) is 1. The Kier molecular flexibility index (Phi) is 6.99. The molecule has 4 nitrogen and oxygen atoms in total. The van der Waals surface area contributed by atoms with Gasteiger partial charge in [0.25, 0.3) is 5.91 Å². The fraction of sp³-hybridized carbons (Fsp3) is 0.400. The van der Waals surface area contributed by atoms with E-state index in [-0.39, 0.29) is 18.6 Å². The summed E-state index contributed by atoms with van der Waals surface area (Å²) in [6, 6.07) is 5.18. The fourth-order valence-electron chi connectivity index (χ4n) is 1.68. The van der Waals surface area contributed by atoms with E-state index >= 15 is 0 Å². The molecule has 0 aliphatic heterocycles. The van der Waals surface area contributed by atoms with Crippen LogP contribution in [0.3, 0.4) is 0 Å². The lowest BCUT2D eigenvalue weighted by atomic mass is 10.1. The minimum Gasteiger partial charge on any atom is -0.495 e. The molecule has 0 radical (unpaired) electrons. The molecule has 20 heavy (non-hydrogen) atoms. The number of thioether (sulfide) groups is 1. The van der Waals surface area contributed by atoms with Gasteiger partial charge in [0.15, 0.2) is 0 Å². The van der Waals surface area contributed by atoms with E-state index < -0.39 is 0 Å². The Hall–Kier alpha value is -1.64. The van der Waals surface area contributed by atoms with Crippen molar-refractivity contribution in [2.24, 2.45) is 0 Å². The smallest absolute Gasteiger partial charge is 0.251 e. The second-order valence-electron chi connectivity index (χ2n) is 4.20. The van der Waals surface area contributed by atoms with Crippen LogP contribution < -0.4 is 10.1 Å². The second-order valence-corrected chi connectivity index (χ2v) is 5.12. The molecule has 0 aromatic heterocycles. The third-order valence-corrected chi connectivity index (χ3v) is 3.39. The molecule has 0 bridgehead atoms. The number of methoxy groups -OCH3 is 1.